The van der Waals surface area contributed by atoms with E-state index in [1.807, 2.05) is 30.3 Å². The predicted molar refractivity (Wildman–Crippen MR) is 131 cm³/mol. The van der Waals surface area contributed by atoms with Gasteiger partial charge in [0.2, 0.25) is 11.9 Å². The van der Waals surface area contributed by atoms with Gasteiger partial charge in [-0.1, -0.05) is 13.8 Å². The highest BCUT2D eigenvalue weighted by Crippen LogP contribution is 2.38. The van der Waals surface area contributed by atoms with Gasteiger partial charge in [-0.15, -0.1) is 0 Å². The van der Waals surface area contributed by atoms with E-state index in [9.17, 15) is 4.79 Å². The average Bonchev–Trinajstić information content (AvgIpc) is 2.84. The molecule has 1 aromatic carbocycles. The van der Waals surface area contributed by atoms with Crippen molar-refractivity contribution in [1.82, 2.24) is 19.9 Å². The molecule has 1 aliphatic carbocycles. The number of nitrogens with zero attached hydrogens (tertiary/aromatic N) is 6. The summed E-state index contributed by atoms with van der Waals surface area (Å²) in [7, 11) is 1.64. The van der Waals surface area contributed by atoms with Crippen LogP contribution in [-0.2, 0) is 6.42 Å². The highest BCUT2D eigenvalue weighted by atomic mass is 16.5. The number of aromatic nitrogens is 4. The van der Waals surface area contributed by atoms with E-state index in [0.29, 0.717) is 23.8 Å². The lowest BCUT2D eigenvalue weighted by molar-refractivity contribution is 0.0911. The number of hydrogen-bond donors (Lipinski definition) is 1. The number of piperazine rings is 1. The number of ether oxygens (including phenoxy) is 1. The molecule has 34 heavy (non-hydrogen) atoms. The van der Waals surface area contributed by atoms with Crippen LogP contribution in [0.4, 0.5) is 23.4 Å². The number of rotatable bonds is 5. The quantitative estimate of drug-likeness (QED) is 0.615. The van der Waals surface area contributed by atoms with Crippen LogP contribution >= 0.6 is 0 Å². The summed E-state index contributed by atoms with van der Waals surface area (Å²) in [6, 6.07) is 9.42. The predicted octanol–water partition coefficient (Wildman–Crippen LogP) is 3.50. The monoisotopic (exact) mass is 459 g/mol. The van der Waals surface area contributed by atoms with Gasteiger partial charge in [-0.05, 0) is 42.2 Å². The second-order valence-electron chi connectivity index (χ2n) is 9.51. The molecule has 3 aromatic rings. The van der Waals surface area contributed by atoms with Crippen molar-refractivity contribution in [3.05, 3.63) is 54.0 Å². The number of Topliss-reactive ketones (excluding diaryl/α,β-unsaturated/α-hetero) is 1. The first-order chi connectivity index (χ1) is 16.4. The number of benzene rings is 1. The zero-order valence-corrected chi connectivity index (χ0v) is 19.8. The van der Waals surface area contributed by atoms with Gasteiger partial charge < -0.3 is 19.9 Å². The van der Waals surface area contributed by atoms with E-state index in [2.05, 4.69) is 38.9 Å². The molecule has 2 aliphatic rings. The van der Waals surface area contributed by atoms with Crippen LogP contribution < -0.4 is 19.9 Å². The van der Waals surface area contributed by atoms with Crippen molar-refractivity contribution >= 4 is 29.2 Å². The summed E-state index contributed by atoms with van der Waals surface area (Å²) in [6.07, 6.45) is 4.74. The van der Waals surface area contributed by atoms with Gasteiger partial charge in [0.05, 0.1) is 18.4 Å². The van der Waals surface area contributed by atoms with Gasteiger partial charge in [0.15, 0.2) is 5.78 Å². The van der Waals surface area contributed by atoms with Crippen LogP contribution in [0.25, 0.3) is 0 Å². The van der Waals surface area contributed by atoms with Gasteiger partial charge in [-0.25, -0.2) is 15.0 Å². The van der Waals surface area contributed by atoms with Crippen molar-refractivity contribution in [3.63, 3.8) is 0 Å². The Bertz CT molecular complexity index is 1170. The van der Waals surface area contributed by atoms with Gasteiger partial charge >= 0.3 is 0 Å². The van der Waals surface area contributed by atoms with Crippen molar-refractivity contribution in [2.45, 2.75) is 26.7 Å². The Kier molecular flexibility index (Phi) is 5.77. The number of nitrogens with one attached hydrogen (secondary N) is 1. The molecular weight excluding hydrogens is 430 g/mol. The molecule has 0 atom stereocenters. The summed E-state index contributed by atoms with van der Waals surface area (Å²) in [5, 5.41) is 3.37. The Morgan fingerprint density at radius 2 is 1.56 bits per heavy atom. The highest BCUT2D eigenvalue weighted by molar-refractivity contribution is 6.03. The van der Waals surface area contributed by atoms with Crippen molar-refractivity contribution in [2.24, 2.45) is 5.41 Å². The molecular formula is C25H29N7O2. The number of ketones is 1. The fraction of sp³-hybridized carbons (Fsp3) is 0.400. The van der Waals surface area contributed by atoms with Crippen LogP contribution in [0.1, 0.15) is 36.3 Å². The van der Waals surface area contributed by atoms with E-state index >= 15 is 0 Å². The molecule has 9 nitrogen and oxygen atoms in total. The Morgan fingerprint density at radius 3 is 2.21 bits per heavy atom. The third kappa shape index (κ3) is 4.50. The third-order valence-corrected chi connectivity index (χ3v) is 6.29. The molecule has 1 N–H and O–H groups in total. The van der Waals surface area contributed by atoms with Crippen molar-refractivity contribution < 1.29 is 9.53 Å². The standard InChI is InChI=1S/C25H29N7O2/c1-25(2)15-19-21(20(33)16-25)22(28-17-5-7-18(34-3)8-6-17)30-24(29-19)32-13-11-31(12-14-32)23-26-9-4-10-27-23/h4-10H,11-16H2,1-3H3,(H,28,29,30). The zero-order chi connectivity index (χ0) is 23.7. The van der Waals surface area contributed by atoms with Gasteiger partial charge in [0.25, 0.3) is 0 Å². The molecule has 0 spiro atoms. The summed E-state index contributed by atoms with van der Waals surface area (Å²) in [5.41, 5.74) is 2.14. The van der Waals surface area contributed by atoms with Crippen molar-refractivity contribution in [3.8, 4) is 5.75 Å². The SMILES string of the molecule is COc1ccc(Nc2nc(N3CCN(c4ncccn4)CC3)nc3c2C(=O)CC(C)(C)C3)cc1. The first kappa shape index (κ1) is 22.1. The minimum absolute atomic E-state index is 0.0832. The first-order valence-corrected chi connectivity index (χ1v) is 11.5. The molecule has 5 rings (SSSR count). The summed E-state index contributed by atoms with van der Waals surface area (Å²) < 4.78 is 5.26. The molecule has 1 saturated heterocycles. The molecule has 0 radical (unpaired) electrons. The second-order valence-corrected chi connectivity index (χ2v) is 9.51. The summed E-state index contributed by atoms with van der Waals surface area (Å²) in [5.74, 6) is 2.81. The smallest absolute Gasteiger partial charge is 0.227 e. The van der Waals surface area contributed by atoms with Crippen LogP contribution in [0.15, 0.2) is 42.7 Å². The van der Waals surface area contributed by atoms with E-state index < -0.39 is 0 Å². The maximum Gasteiger partial charge on any atom is 0.227 e. The number of carbonyl (C=O) groups is 1. The van der Waals surface area contributed by atoms with Crippen molar-refractivity contribution in [2.75, 3.05) is 48.4 Å². The number of anilines is 4. The van der Waals surface area contributed by atoms with Crippen LogP contribution in [0.2, 0.25) is 0 Å². The Labute approximate surface area is 199 Å². The van der Waals surface area contributed by atoms with E-state index in [0.717, 1.165) is 55.7 Å². The molecule has 0 amide bonds. The summed E-state index contributed by atoms with van der Waals surface area (Å²) in [6.45, 7) is 7.27. The maximum absolute atomic E-state index is 13.1. The van der Waals surface area contributed by atoms with Crippen LogP contribution in [0.5, 0.6) is 5.75 Å². The summed E-state index contributed by atoms with van der Waals surface area (Å²) >= 11 is 0. The number of hydrogen-bond acceptors (Lipinski definition) is 9. The largest absolute Gasteiger partial charge is 0.497 e. The zero-order valence-electron chi connectivity index (χ0n) is 19.8. The van der Waals surface area contributed by atoms with Crippen LogP contribution in [0.3, 0.4) is 0 Å². The molecule has 2 aromatic heterocycles. The topological polar surface area (TPSA) is 96.4 Å². The third-order valence-electron chi connectivity index (χ3n) is 6.29. The fourth-order valence-electron chi connectivity index (χ4n) is 4.56. The van der Waals surface area contributed by atoms with Crippen LogP contribution in [0, 0.1) is 5.41 Å². The fourth-order valence-corrected chi connectivity index (χ4v) is 4.56. The van der Waals surface area contributed by atoms with Gasteiger partial charge in [-0.3, -0.25) is 4.79 Å². The van der Waals surface area contributed by atoms with Gasteiger partial charge in [0, 0.05) is 50.7 Å². The van der Waals surface area contributed by atoms with E-state index in [4.69, 9.17) is 14.7 Å². The van der Waals surface area contributed by atoms with Crippen LogP contribution in [-0.4, -0.2) is 59.0 Å². The van der Waals surface area contributed by atoms with E-state index in [-0.39, 0.29) is 11.2 Å². The molecule has 0 saturated carbocycles. The highest BCUT2D eigenvalue weighted by Gasteiger charge is 2.35. The molecule has 1 fully saturated rings. The lowest BCUT2D eigenvalue weighted by atomic mass is 9.75. The maximum atomic E-state index is 13.1. The molecule has 3 heterocycles. The lowest BCUT2D eigenvalue weighted by Gasteiger charge is -2.36. The van der Waals surface area contributed by atoms with E-state index in [1.54, 1.807) is 19.5 Å². The minimum Gasteiger partial charge on any atom is -0.497 e. The van der Waals surface area contributed by atoms with E-state index in [1.165, 1.54) is 0 Å². The van der Waals surface area contributed by atoms with Gasteiger partial charge in [0.1, 0.15) is 11.6 Å². The number of fused-ring (bicyclic) bond motifs is 1. The average molecular weight is 460 g/mol. The number of carbonyl (C=O) groups excluding carboxylic acids is 1. The number of methoxy groups -OCH3 is 1. The Hall–Kier alpha value is -3.75. The lowest BCUT2D eigenvalue weighted by Crippen LogP contribution is -2.48. The minimum atomic E-state index is -0.129. The Balaban J connectivity index is 1.44. The molecule has 176 valence electrons. The Morgan fingerprint density at radius 1 is 0.912 bits per heavy atom. The second kappa shape index (κ2) is 8.89. The molecule has 0 unspecified atom stereocenters. The summed E-state index contributed by atoms with van der Waals surface area (Å²) in [4.78, 5) is 35.9. The first-order valence-electron chi connectivity index (χ1n) is 11.5. The van der Waals surface area contributed by atoms with Gasteiger partial charge in [-0.2, -0.15) is 4.98 Å². The normalized spacial score (nSPS) is 17.3. The van der Waals surface area contributed by atoms with Crippen molar-refractivity contribution in [1.29, 1.82) is 0 Å². The molecule has 1 aliphatic heterocycles. The molecule has 0 bridgehead atoms. The molecule has 9 heteroatoms.